The van der Waals surface area contributed by atoms with Crippen LogP contribution >= 0.6 is 35.3 Å². The summed E-state index contributed by atoms with van der Waals surface area (Å²) in [7, 11) is 1.96. The zero-order valence-corrected chi connectivity index (χ0v) is 20.6. The maximum atomic E-state index is 5.41. The Morgan fingerprint density at radius 2 is 2.11 bits per heavy atom. The lowest BCUT2D eigenvalue weighted by atomic mass is 9.91. The highest BCUT2D eigenvalue weighted by Crippen LogP contribution is 2.26. The number of rotatable bonds is 10. The molecule has 0 spiro atoms. The van der Waals surface area contributed by atoms with E-state index >= 15 is 0 Å². The third-order valence-electron chi connectivity index (χ3n) is 4.41. The predicted octanol–water partition coefficient (Wildman–Crippen LogP) is 3.24. The molecule has 158 valence electrons. The van der Waals surface area contributed by atoms with Crippen LogP contribution in [0.2, 0.25) is 0 Å². The van der Waals surface area contributed by atoms with Crippen molar-refractivity contribution in [3.05, 3.63) is 34.0 Å². The van der Waals surface area contributed by atoms with Crippen molar-refractivity contribution in [2.45, 2.75) is 46.1 Å². The fraction of sp³-hybridized carbons (Fsp3) is 0.632. The second-order valence-electron chi connectivity index (χ2n) is 7.08. The number of ether oxygens (including phenoxy) is 1. The topological polar surface area (TPSA) is 76.4 Å². The largest absolute Gasteiger partial charge is 0.382 e. The number of nitrogens with one attached hydrogen (secondary N) is 2. The molecule has 7 nitrogen and oxygen atoms in total. The molecular formula is C19H33IN6OS. The van der Waals surface area contributed by atoms with E-state index in [4.69, 9.17) is 9.73 Å². The molecule has 0 aliphatic heterocycles. The monoisotopic (exact) mass is 520 g/mol. The van der Waals surface area contributed by atoms with Gasteiger partial charge in [-0.2, -0.15) is 0 Å². The van der Waals surface area contributed by atoms with Crippen LogP contribution in [0.25, 0.3) is 0 Å². The molecule has 0 unspecified atom stereocenters. The Morgan fingerprint density at radius 1 is 1.32 bits per heavy atom. The fourth-order valence-corrected chi connectivity index (χ4v) is 3.35. The van der Waals surface area contributed by atoms with Crippen molar-refractivity contribution in [2.75, 3.05) is 26.3 Å². The molecule has 28 heavy (non-hydrogen) atoms. The van der Waals surface area contributed by atoms with Crippen LogP contribution in [-0.4, -0.2) is 47.0 Å². The Morgan fingerprint density at radius 3 is 2.71 bits per heavy atom. The first-order valence-corrected chi connectivity index (χ1v) is 10.3. The Hall–Kier alpha value is -1.20. The number of guanidine groups is 1. The lowest BCUT2D eigenvalue weighted by molar-refractivity contribution is 0.145. The quantitative estimate of drug-likeness (QED) is 0.218. The molecule has 9 heteroatoms. The summed E-state index contributed by atoms with van der Waals surface area (Å²) in [4.78, 5) is 6.06. The van der Waals surface area contributed by atoms with E-state index < -0.39 is 0 Å². The van der Waals surface area contributed by atoms with Gasteiger partial charge >= 0.3 is 0 Å². The molecule has 0 bridgehead atoms. The van der Waals surface area contributed by atoms with Crippen LogP contribution in [-0.2, 0) is 23.7 Å². The molecule has 2 aromatic heterocycles. The third kappa shape index (κ3) is 7.67. The number of hydrogen-bond donors (Lipinski definition) is 2. The van der Waals surface area contributed by atoms with Crippen LogP contribution in [0, 0.1) is 6.92 Å². The van der Waals surface area contributed by atoms with Crippen molar-refractivity contribution in [1.29, 1.82) is 0 Å². The molecule has 0 saturated carbocycles. The van der Waals surface area contributed by atoms with E-state index in [0.29, 0.717) is 6.54 Å². The summed E-state index contributed by atoms with van der Waals surface area (Å²) in [5, 5.41) is 17.3. The Bertz CT molecular complexity index is 714. The molecule has 0 aliphatic carbocycles. The molecule has 0 aliphatic rings. The molecule has 0 amide bonds. The minimum Gasteiger partial charge on any atom is -0.382 e. The summed E-state index contributed by atoms with van der Waals surface area (Å²) >= 11 is 1.79. The minimum atomic E-state index is 0. The third-order valence-corrected chi connectivity index (χ3v) is 5.65. The first kappa shape index (κ1) is 24.8. The van der Waals surface area contributed by atoms with E-state index in [1.165, 1.54) is 4.88 Å². The summed E-state index contributed by atoms with van der Waals surface area (Å²) in [5.74, 6) is 2.52. The Labute approximate surface area is 189 Å². The molecule has 2 heterocycles. The number of aryl methyl sites for hydroxylation is 1. The van der Waals surface area contributed by atoms with E-state index in [9.17, 15) is 0 Å². The van der Waals surface area contributed by atoms with Crippen LogP contribution in [0.15, 0.2) is 22.5 Å². The smallest absolute Gasteiger partial charge is 0.191 e. The highest BCUT2D eigenvalue weighted by Gasteiger charge is 2.22. The van der Waals surface area contributed by atoms with Crippen molar-refractivity contribution in [3.63, 3.8) is 0 Å². The van der Waals surface area contributed by atoms with Crippen LogP contribution in [0.5, 0.6) is 0 Å². The van der Waals surface area contributed by atoms with Crippen LogP contribution in [0.3, 0.4) is 0 Å². The number of nitrogens with zero attached hydrogens (tertiary/aromatic N) is 4. The molecule has 0 saturated heterocycles. The average Bonchev–Trinajstić information content (AvgIpc) is 3.29. The lowest BCUT2D eigenvalue weighted by Gasteiger charge is -2.25. The lowest BCUT2D eigenvalue weighted by Crippen LogP contribution is -2.43. The van der Waals surface area contributed by atoms with Crippen molar-refractivity contribution in [3.8, 4) is 0 Å². The maximum absolute atomic E-state index is 5.41. The minimum absolute atomic E-state index is 0. The molecule has 0 fully saturated rings. The first-order valence-electron chi connectivity index (χ1n) is 9.43. The van der Waals surface area contributed by atoms with E-state index in [1.54, 1.807) is 11.3 Å². The number of hydrogen-bond acceptors (Lipinski definition) is 5. The first-order chi connectivity index (χ1) is 12.9. The van der Waals surface area contributed by atoms with Gasteiger partial charge in [-0.25, -0.2) is 4.99 Å². The highest BCUT2D eigenvalue weighted by molar-refractivity contribution is 14.0. The molecule has 2 N–H and O–H groups in total. The Kier molecular flexibility index (Phi) is 11.0. The highest BCUT2D eigenvalue weighted by atomic mass is 127. The fourth-order valence-electron chi connectivity index (χ4n) is 2.49. The van der Waals surface area contributed by atoms with Crippen LogP contribution < -0.4 is 10.6 Å². The standard InChI is InChI=1S/C19H32N6OS.HI/c1-6-26-11-8-10-20-18(21-13-17-24-23-15(2)25(17)5)22-14-19(3,4)16-9-7-12-27-16;/h7,9,12H,6,8,10-11,13-14H2,1-5H3,(H2,20,21,22);1H. The van der Waals surface area contributed by atoms with Gasteiger partial charge in [0.05, 0.1) is 0 Å². The average molecular weight is 520 g/mol. The van der Waals surface area contributed by atoms with Gasteiger partial charge in [0.1, 0.15) is 12.4 Å². The normalized spacial score (nSPS) is 12.0. The van der Waals surface area contributed by atoms with Gasteiger partial charge in [-0.05, 0) is 31.7 Å². The van der Waals surface area contributed by atoms with E-state index in [1.807, 2.05) is 25.5 Å². The van der Waals surface area contributed by atoms with Gasteiger partial charge in [0.2, 0.25) is 0 Å². The summed E-state index contributed by atoms with van der Waals surface area (Å²) in [6, 6.07) is 4.28. The van der Waals surface area contributed by atoms with Gasteiger partial charge in [-0.15, -0.1) is 45.5 Å². The summed E-state index contributed by atoms with van der Waals surface area (Å²) < 4.78 is 7.37. The molecule has 0 aromatic carbocycles. The van der Waals surface area contributed by atoms with Crippen molar-refractivity contribution < 1.29 is 4.74 Å². The van der Waals surface area contributed by atoms with Gasteiger partial charge in [0.15, 0.2) is 11.8 Å². The maximum Gasteiger partial charge on any atom is 0.191 e. The molecule has 2 rings (SSSR count). The zero-order valence-electron chi connectivity index (χ0n) is 17.5. The Balaban J connectivity index is 0.00000392. The van der Waals surface area contributed by atoms with Crippen molar-refractivity contribution >= 4 is 41.3 Å². The number of aromatic nitrogens is 3. The van der Waals surface area contributed by atoms with Gasteiger partial charge in [-0.3, -0.25) is 0 Å². The molecule has 0 radical (unpaired) electrons. The second kappa shape index (κ2) is 12.4. The number of halogens is 1. The molecule has 2 aromatic rings. The van der Waals surface area contributed by atoms with Crippen molar-refractivity contribution in [2.24, 2.45) is 12.0 Å². The molecular weight excluding hydrogens is 487 g/mol. The predicted molar refractivity (Wildman–Crippen MR) is 127 cm³/mol. The summed E-state index contributed by atoms with van der Waals surface area (Å²) in [6.45, 7) is 12.0. The van der Waals surface area contributed by atoms with Gasteiger partial charge in [0, 0.05) is 43.6 Å². The van der Waals surface area contributed by atoms with Crippen LogP contribution in [0.1, 0.15) is 43.7 Å². The zero-order chi connectivity index (χ0) is 19.7. The van der Waals surface area contributed by atoms with Gasteiger partial charge in [-0.1, -0.05) is 19.9 Å². The number of thiophene rings is 1. The van der Waals surface area contributed by atoms with Crippen molar-refractivity contribution in [1.82, 2.24) is 25.4 Å². The summed E-state index contributed by atoms with van der Waals surface area (Å²) in [5.41, 5.74) is 0.0311. The number of aliphatic imine (C=N–C) groups is 1. The second-order valence-corrected chi connectivity index (χ2v) is 8.03. The van der Waals surface area contributed by atoms with Crippen LogP contribution in [0.4, 0.5) is 0 Å². The molecule has 0 atom stereocenters. The van der Waals surface area contributed by atoms with E-state index in [-0.39, 0.29) is 29.4 Å². The van der Waals surface area contributed by atoms with Gasteiger partial charge in [0.25, 0.3) is 0 Å². The van der Waals surface area contributed by atoms with Gasteiger partial charge < -0.3 is 19.9 Å². The van der Waals surface area contributed by atoms with E-state index in [0.717, 1.165) is 50.3 Å². The van der Waals surface area contributed by atoms with E-state index in [2.05, 4.69) is 52.2 Å². The summed E-state index contributed by atoms with van der Waals surface area (Å²) in [6.07, 6.45) is 0.936. The SMILES string of the molecule is CCOCCCNC(=NCc1nnc(C)n1C)NCC(C)(C)c1cccs1.I.